The van der Waals surface area contributed by atoms with E-state index in [2.05, 4.69) is 11.3 Å². The number of anilines is 1. The van der Waals surface area contributed by atoms with Crippen molar-refractivity contribution in [3.8, 4) is 0 Å². The molecule has 0 aliphatic rings. The smallest absolute Gasteiger partial charge is 0.411 e. The van der Waals surface area contributed by atoms with Crippen molar-refractivity contribution >= 4 is 17.7 Å². The largest absolute Gasteiger partial charge is 0.478 e. The van der Waals surface area contributed by atoms with Crippen LogP contribution in [0.3, 0.4) is 0 Å². The molecular formula is C11H8F3NO4. The number of carbonyl (C=O) groups is 2. The van der Waals surface area contributed by atoms with Gasteiger partial charge in [-0.3, -0.25) is 5.32 Å². The average molecular weight is 275 g/mol. The zero-order valence-electron chi connectivity index (χ0n) is 9.37. The molecule has 0 aromatic heterocycles. The molecule has 0 saturated heterocycles. The Kier molecular flexibility index (Phi) is 4.51. The van der Waals surface area contributed by atoms with Crippen LogP contribution in [0.4, 0.5) is 23.7 Å². The van der Waals surface area contributed by atoms with Gasteiger partial charge < -0.3 is 9.84 Å². The highest BCUT2D eigenvalue weighted by molar-refractivity contribution is 5.99. The molecule has 0 aliphatic carbocycles. The van der Waals surface area contributed by atoms with Gasteiger partial charge in [0.25, 0.3) is 0 Å². The molecule has 0 saturated carbocycles. The Bertz CT molecular complexity index is 545. The first-order valence-electron chi connectivity index (χ1n) is 4.84. The zero-order valence-corrected chi connectivity index (χ0v) is 9.37. The first-order valence-corrected chi connectivity index (χ1v) is 4.84. The molecule has 19 heavy (non-hydrogen) atoms. The van der Waals surface area contributed by atoms with Crippen LogP contribution in [0, 0.1) is 17.5 Å². The molecule has 2 N–H and O–H groups in total. The Hall–Kier alpha value is -2.51. The number of ether oxygens (including phenoxy) is 1. The second kappa shape index (κ2) is 5.89. The fourth-order valence-electron chi connectivity index (χ4n) is 1.18. The lowest BCUT2D eigenvalue weighted by Gasteiger charge is -2.10. The van der Waals surface area contributed by atoms with Crippen molar-refractivity contribution in [2.75, 3.05) is 11.9 Å². The zero-order chi connectivity index (χ0) is 14.6. The second-order valence-corrected chi connectivity index (χ2v) is 3.23. The van der Waals surface area contributed by atoms with Gasteiger partial charge in [0, 0.05) is 6.07 Å². The van der Waals surface area contributed by atoms with Crippen molar-refractivity contribution in [1.82, 2.24) is 0 Å². The van der Waals surface area contributed by atoms with Crippen molar-refractivity contribution in [3.63, 3.8) is 0 Å². The Balaban J connectivity index is 3.16. The van der Waals surface area contributed by atoms with Crippen LogP contribution in [0.25, 0.3) is 0 Å². The Morgan fingerprint density at radius 3 is 2.53 bits per heavy atom. The molecule has 102 valence electrons. The molecular weight excluding hydrogens is 267 g/mol. The number of carbonyl (C=O) groups excluding carboxylic acids is 1. The molecule has 0 spiro atoms. The normalized spacial score (nSPS) is 9.84. The maximum atomic E-state index is 13.3. The molecule has 5 nitrogen and oxygen atoms in total. The standard InChI is InChI=1S/C11H8F3NO4/c1-2-3-19-11(18)15-6-4-5(12)8(13)9(14)7(6)10(16)17/h2,4H,1,3H2,(H,15,18)(H,16,17). The van der Waals surface area contributed by atoms with Crippen LogP contribution in [0.5, 0.6) is 0 Å². The molecule has 1 aromatic carbocycles. The van der Waals surface area contributed by atoms with E-state index in [0.29, 0.717) is 6.07 Å². The molecule has 1 rings (SSSR count). The third-order valence-corrected chi connectivity index (χ3v) is 1.95. The molecule has 1 amide bonds. The van der Waals surface area contributed by atoms with Gasteiger partial charge in [-0.1, -0.05) is 12.7 Å². The number of halogens is 3. The molecule has 0 heterocycles. The number of carboxylic acids is 1. The van der Waals surface area contributed by atoms with Crippen molar-refractivity contribution in [1.29, 1.82) is 0 Å². The number of carboxylic acid groups (broad SMARTS) is 1. The van der Waals surface area contributed by atoms with E-state index in [4.69, 9.17) is 5.11 Å². The van der Waals surface area contributed by atoms with Crippen LogP contribution in [0.2, 0.25) is 0 Å². The van der Waals surface area contributed by atoms with Gasteiger partial charge in [0.2, 0.25) is 0 Å². The molecule has 0 aliphatic heterocycles. The minimum Gasteiger partial charge on any atom is -0.478 e. The predicted molar refractivity (Wildman–Crippen MR) is 58.4 cm³/mol. The fourth-order valence-corrected chi connectivity index (χ4v) is 1.18. The van der Waals surface area contributed by atoms with Gasteiger partial charge in [-0.25, -0.2) is 22.8 Å². The molecule has 0 radical (unpaired) electrons. The van der Waals surface area contributed by atoms with Crippen LogP contribution < -0.4 is 5.32 Å². The van der Waals surface area contributed by atoms with E-state index in [1.807, 2.05) is 0 Å². The Labute approximate surface area is 105 Å². The molecule has 8 heteroatoms. The predicted octanol–water partition coefficient (Wildman–Crippen LogP) is 2.54. The second-order valence-electron chi connectivity index (χ2n) is 3.23. The van der Waals surface area contributed by atoms with E-state index in [1.54, 1.807) is 5.32 Å². The van der Waals surface area contributed by atoms with Gasteiger partial charge in [-0.15, -0.1) is 0 Å². The minimum atomic E-state index is -1.94. The van der Waals surface area contributed by atoms with Gasteiger partial charge in [0.15, 0.2) is 17.5 Å². The molecule has 0 fully saturated rings. The van der Waals surface area contributed by atoms with Crippen LogP contribution in [-0.4, -0.2) is 23.8 Å². The summed E-state index contributed by atoms with van der Waals surface area (Å²) in [6.07, 6.45) is 0.0663. The number of hydrogen-bond donors (Lipinski definition) is 2. The summed E-state index contributed by atoms with van der Waals surface area (Å²) in [7, 11) is 0. The summed E-state index contributed by atoms with van der Waals surface area (Å²) in [5, 5.41) is 10.5. The van der Waals surface area contributed by atoms with Gasteiger partial charge in [-0.05, 0) is 0 Å². The maximum Gasteiger partial charge on any atom is 0.411 e. The van der Waals surface area contributed by atoms with Gasteiger partial charge in [0.1, 0.15) is 12.2 Å². The van der Waals surface area contributed by atoms with Crippen LogP contribution in [0.15, 0.2) is 18.7 Å². The highest BCUT2D eigenvalue weighted by Crippen LogP contribution is 2.24. The summed E-state index contributed by atoms with van der Waals surface area (Å²) in [6.45, 7) is 3.06. The van der Waals surface area contributed by atoms with Gasteiger partial charge in [0.05, 0.1) is 5.69 Å². The highest BCUT2D eigenvalue weighted by Gasteiger charge is 2.24. The number of rotatable bonds is 4. The minimum absolute atomic E-state index is 0.194. The summed E-state index contributed by atoms with van der Waals surface area (Å²) in [6, 6.07) is 0.344. The fraction of sp³-hybridized carbons (Fsp3) is 0.0909. The lowest BCUT2D eigenvalue weighted by atomic mass is 10.1. The lowest BCUT2D eigenvalue weighted by molar-refractivity contribution is 0.0691. The third-order valence-electron chi connectivity index (χ3n) is 1.95. The van der Waals surface area contributed by atoms with Crippen molar-refractivity contribution in [3.05, 3.63) is 41.7 Å². The Morgan fingerprint density at radius 2 is 2.00 bits per heavy atom. The summed E-state index contributed by atoms with van der Waals surface area (Å²) in [4.78, 5) is 21.9. The van der Waals surface area contributed by atoms with Crippen LogP contribution in [0.1, 0.15) is 10.4 Å². The van der Waals surface area contributed by atoms with Crippen LogP contribution in [-0.2, 0) is 4.74 Å². The topological polar surface area (TPSA) is 75.6 Å². The average Bonchev–Trinajstić information content (AvgIpc) is 2.33. The highest BCUT2D eigenvalue weighted by atomic mass is 19.2. The van der Waals surface area contributed by atoms with Gasteiger partial charge >= 0.3 is 12.1 Å². The molecule has 1 aromatic rings. The summed E-state index contributed by atoms with van der Waals surface area (Å²) < 4.78 is 43.6. The van der Waals surface area contributed by atoms with E-state index in [0.717, 1.165) is 0 Å². The van der Waals surface area contributed by atoms with E-state index in [-0.39, 0.29) is 6.61 Å². The Morgan fingerprint density at radius 1 is 1.37 bits per heavy atom. The first kappa shape index (κ1) is 14.6. The summed E-state index contributed by atoms with van der Waals surface area (Å²) in [5.41, 5.74) is -1.95. The van der Waals surface area contributed by atoms with Crippen LogP contribution >= 0.6 is 0 Å². The first-order chi connectivity index (χ1) is 8.88. The third kappa shape index (κ3) is 3.24. The number of amides is 1. The number of benzene rings is 1. The number of nitrogens with one attached hydrogen (secondary N) is 1. The van der Waals surface area contributed by atoms with Crippen molar-refractivity contribution in [2.24, 2.45) is 0 Å². The van der Waals surface area contributed by atoms with Crippen molar-refractivity contribution in [2.45, 2.75) is 0 Å². The van der Waals surface area contributed by atoms with Gasteiger partial charge in [-0.2, -0.15) is 0 Å². The maximum absolute atomic E-state index is 13.3. The quantitative estimate of drug-likeness (QED) is 0.654. The molecule has 0 unspecified atom stereocenters. The summed E-state index contributed by atoms with van der Waals surface area (Å²) >= 11 is 0. The van der Waals surface area contributed by atoms with E-state index in [9.17, 15) is 22.8 Å². The van der Waals surface area contributed by atoms with Crippen molar-refractivity contribution < 1.29 is 32.6 Å². The number of aromatic carboxylic acids is 1. The monoisotopic (exact) mass is 275 g/mol. The SMILES string of the molecule is C=CCOC(=O)Nc1cc(F)c(F)c(F)c1C(=O)O. The number of hydrogen-bond acceptors (Lipinski definition) is 3. The molecule has 0 atom stereocenters. The van der Waals surface area contributed by atoms with E-state index in [1.165, 1.54) is 6.08 Å². The van der Waals surface area contributed by atoms with E-state index >= 15 is 0 Å². The lowest BCUT2D eigenvalue weighted by Crippen LogP contribution is -2.18. The van der Waals surface area contributed by atoms with E-state index < -0.39 is 40.8 Å². The molecule has 0 bridgehead atoms. The summed E-state index contributed by atoms with van der Waals surface area (Å²) in [5.74, 6) is -7.36.